The van der Waals surface area contributed by atoms with Crippen molar-refractivity contribution in [2.24, 2.45) is 0 Å². The van der Waals surface area contributed by atoms with Crippen LogP contribution in [0.1, 0.15) is 61.0 Å². The molecule has 9 heteroatoms. The molecular weight excluding hydrogens is 687 g/mol. The average molecular weight is 730 g/mol. The lowest BCUT2D eigenvalue weighted by atomic mass is 9.98. The molecule has 9 nitrogen and oxygen atoms in total. The minimum atomic E-state index is -0.0359. The van der Waals surface area contributed by atoms with Gasteiger partial charge >= 0.3 is 0 Å². The second-order valence-corrected chi connectivity index (χ2v) is 14.6. The van der Waals surface area contributed by atoms with Crippen LogP contribution in [0.3, 0.4) is 0 Å². The first-order valence-corrected chi connectivity index (χ1v) is 18.8. The van der Waals surface area contributed by atoms with Gasteiger partial charge in [-0.15, -0.1) is 0 Å². The predicted molar refractivity (Wildman–Crippen MR) is 213 cm³/mol. The van der Waals surface area contributed by atoms with Crippen molar-refractivity contribution in [2.45, 2.75) is 39.6 Å². The minimum absolute atomic E-state index is 0.0261. The van der Waals surface area contributed by atoms with E-state index in [-0.39, 0.29) is 11.6 Å². The summed E-state index contributed by atoms with van der Waals surface area (Å²) in [5.41, 5.74) is 8.92. The van der Waals surface area contributed by atoms with Crippen molar-refractivity contribution in [1.29, 1.82) is 0 Å². The van der Waals surface area contributed by atoms with Crippen molar-refractivity contribution in [2.75, 3.05) is 27.3 Å². The van der Waals surface area contributed by atoms with Gasteiger partial charge in [-0.3, -0.25) is 19.1 Å². The Morgan fingerprint density at radius 3 is 1.76 bits per heavy atom. The number of hydrogen-bond acceptors (Lipinski definition) is 5. The molecule has 0 fully saturated rings. The van der Waals surface area contributed by atoms with Gasteiger partial charge in [0.1, 0.15) is 63.2 Å². The van der Waals surface area contributed by atoms with E-state index in [2.05, 4.69) is 67.3 Å². The van der Waals surface area contributed by atoms with Crippen molar-refractivity contribution in [3.05, 3.63) is 160 Å². The fourth-order valence-corrected chi connectivity index (χ4v) is 8.18. The Bertz CT molecular complexity index is 2650. The van der Waals surface area contributed by atoms with Gasteiger partial charge in [0, 0.05) is 61.7 Å². The van der Waals surface area contributed by atoms with E-state index in [1.54, 1.807) is 14.2 Å². The van der Waals surface area contributed by atoms with Crippen LogP contribution in [-0.2, 0) is 32.7 Å². The van der Waals surface area contributed by atoms with E-state index in [9.17, 15) is 9.59 Å². The van der Waals surface area contributed by atoms with Crippen LogP contribution >= 0.6 is 0 Å². The van der Waals surface area contributed by atoms with Crippen molar-refractivity contribution >= 4 is 39.7 Å². The lowest BCUT2D eigenvalue weighted by Gasteiger charge is -2.15. The molecule has 0 spiro atoms. The topological polar surface area (TPSA) is 72.6 Å². The zero-order chi connectivity index (χ0) is 37.6. The Labute approximate surface area is 319 Å². The third kappa shape index (κ3) is 6.45. The van der Waals surface area contributed by atoms with Gasteiger partial charge < -0.3 is 14.0 Å². The maximum absolute atomic E-state index is 13.9. The molecule has 0 radical (unpaired) electrons. The molecule has 0 unspecified atom stereocenters. The molecule has 5 aliphatic rings. The van der Waals surface area contributed by atoms with E-state index in [0.717, 1.165) is 81.7 Å². The number of methoxy groups -OCH3 is 2. The molecular formula is C46H43N5O4+2. The van der Waals surface area contributed by atoms with Crippen LogP contribution < -0.4 is 14.0 Å². The van der Waals surface area contributed by atoms with E-state index in [0.29, 0.717) is 41.9 Å². The van der Waals surface area contributed by atoms with E-state index >= 15 is 0 Å². The lowest BCUT2D eigenvalue weighted by Crippen LogP contribution is -2.31. The average Bonchev–Trinajstić information content (AvgIpc) is 3.94. The number of aromatic nitrogens is 3. The van der Waals surface area contributed by atoms with Crippen LogP contribution in [0.5, 0.6) is 11.5 Å². The molecule has 274 valence electrons. The molecule has 55 heavy (non-hydrogen) atoms. The number of nitrogens with zero attached hydrogens (tertiary/aromatic N) is 5. The van der Waals surface area contributed by atoms with Gasteiger partial charge in [-0.25, -0.2) is 9.13 Å². The normalized spacial score (nSPS) is 14.6. The van der Waals surface area contributed by atoms with Gasteiger partial charge in [0.05, 0.1) is 14.2 Å². The Hall–Kier alpha value is -6.48. The summed E-state index contributed by atoms with van der Waals surface area (Å²) in [5, 5.41) is 1.93. The van der Waals surface area contributed by atoms with Crippen molar-refractivity contribution in [3.63, 3.8) is 0 Å². The van der Waals surface area contributed by atoms with Gasteiger partial charge in [-0.05, 0) is 66.6 Å². The lowest BCUT2D eigenvalue weighted by molar-refractivity contribution is -0.687. The fourth-order valence-electron chi connectivity index (χ4n) is 8.18. The molecule has 5 aliphatic heterocycles. The van der Waals surface area contributed by atoms with Gasteiger partial charge in [0.25, 0.3) is 0 Å². The quantitative estimate of drug-likeness (QED) is 0.186. The summed E-state index contributed by atoms with van der Waals surface area (Å²) in [6.07, 6.45) is 8.39. The highest BCUT2D eigenvalue weighted by atomic mass is 16.5. The van der Waals surface area contributed by atoms with E-state index in [4.69, 9.17) is 9.47 Å². The summed E-state index contributed by atoms with van der Waals surface area (Å²) >= 11 is 0. The standard InChI is InChI=1S/C46H43N5O4/c1-4-51-41-15-13-35-21-39(41)40-22-36(14-16-42(40)51)46(53)34-11-7-32(8-12-34)26-48-18-20-50(30-48)28-38-23-43(54-2)37(24-44(38)55-3)27-49-19-17-47(29-49)25-31-5-9-33(10-6-31)45(35)52/h5-17,19,21-24,29-30H,4,18,20,25-28H2,1-3H3/q+2. The van der Waals surface area contributed by atoms with Crippen LogP contribution in [0.2, 0.25) is 0 Å². The van der Waals surface area contributed by atoms with Crippen LogP contribution in [0.25, 0.3) is 21.8 Å². The van der Waals surface area contributed by atoms with Crippen LogP contribution in [0, 0.1) is 0 Å². The number of benzene rings is 5. The van der Waals surface area contributed by atoms with E-state index in [1.807, 2.05) is 84.9 Å². The Balaban J connectivity index is 1.10. The summed E-state index contributed by atoms with van der Waals surface area (Å²) in [6.45, 7) is 7.40. The van der Waals surface area contributed by atoms with Gasteiger partial charge in [-0.2, -0.15) is 0 Å². The number of carbonyl (C=O) groups excluding carboxylic acids is 2. The molecule has 0 atom stereocenters. The van der Waals surface area contributed by atoms with E-state index in [1.165, 1.54) is 0 Å². The molecule has 0 saturated heterocycles. The molecule has 12 rings (SSSR count). The number of rotatable bonds is 3. The second kappa shape index (κ2) is 14.1. The first-order chi connectivity index (χ1) is 26.9. The molecule has 5 aromatic carbocycles. The first kappa shape index (κ1) is 34.3. The van der Waals surface area contributed by atoms with Crippen LogP contribution in [0.4, 0.5) is 0 Å². The maximum Gasteiger partial charge on any atom is 0.244 e. The number of fused-ring (bicyclic) bond motifs is 3. The highest BCUT2D eigenvalue weighted by molar-refractivity contribution is 6.17. The van der Waals surface area contributed by atoms with Gasteiger partial charge in [0.15, 0.2) is 11.6 Å². The summed E-state index contributed by atoms with van der Waals surface area (Å²) in [7, 11) is 3.43. The largest absolute Gasteiger partial charge is 0.496 e. The molecule has 0 amide bonds. The molecule has 14 bridgehead atoms. The van der Waals surface area contributed by atoms with Crippen LogP contribution in [-0.4, -0.2) is 63.8 Å². The fraction of sp³-hybridized carbons (Fsp3) is 0.217. The second-order valence-electron chi connectivity index (χ2n) is 14.6. The summed E-state index contributed by atoms with van der Waals surface area (Å²) < 4.78 is 20.6. The first-order valence-electron chi connectivity index (χ1n) is 18.8. The zero-order valence-corrected chi connectivity index (χ0v) is 31.4. The van der Waals surface area contributed by atoms with Crippen molar-refractivity contribution in [1.82, 2.24) is 14.0 Å². The third-order valence-corrected chi connectivity index (χ3v) is 11.0. The summed E-state index contributed by atoms with van der Waals surface area (Å²) in [6, 6.07) is 31.8. The summed E-state index contributed by atoms with van der Waals surface area (Å²) in [4.78, 5) is 30.1. The Morgan fingerprint density at radius 1 is 0.655 bits per heavy atom. The Kier molecular flexibility index (Phi) is 8.77. The maximum atomic E-state index is 13.9. The number of carbonyl (C=O) groups is 2. The smallest absolute Gasteiger partial charge is 0.244 e. The molecule has 0 N–H and O–H groups in total. The van der Waals surface area contributed by atoms with E-state index < -0.39 is 0 Å². The van der Waals surface area contributed by atoms with Gasteiger partial charge in [-0.1, -0.05) is 48.5 Å². The number of aryl methyl sites for hydroxylation is 1. The zero-order valence-electron chi connectivity index (χ0n) is 31.4. The number of hydrogen-bond donors (Lipinski definition) is 0. The minimum Gasteiger partial charge on any atom is -0.496 e. The molecule has 7 heterocycles. The van der Waals surface area contributed by atoms with Crippen molar-refractivity contribution in [3.8, 4) is 11.5 Å². The number of imidazole rings is 1. The highest BCUT2D eigenvalue weighted by Crippen LogP contribution is 2.33. The molecule has 7 aromatic rings. The highest BCUT2D eigenvalue weighted by Gasteiger charge is 2.24. The van der Waals surface area contributed by atoms with Gasteiger partial charge in [0.2, 0.25) is 12.7 Å². The number of ether oxygens (including phenoxy) is 2. The Morgan fingerprint density at radius 2 is 1.20 bits per heavy atom. The molecule has 0 saturated carbocycles. The third-order valence-electron chi connectivity index (χ3n) is 11.0. The van der Waals surface area contributed by atoms with Crippen molar-refractivity contribution < 1.29 is 28.2 Å². The summed E-state index contributed by atoms with van der Waals surface area (Å²) in [5.74, 6) is 1.59. The van der Waals surface area contributed by atoms with Crippen LogP contribution in [0.15, 0.2) is 116 Å². The number of ketones is 2. The predicted octanol–water partition coefficient (Wildman–Crippen LogP) is 6.85. The monoisotopic (exact) mass is 729 g/mol. The SMILES string of the molecule is CCn1c2ccc3cc2c2cc(ccc21)C(=O)c1ccc(cc1)C[n+]1ccn(c1)Cc1cc(OC)c(cc1OC)CN1C=[N+](CC1)Cc1ccc(cc1)C3=O. The molecule has 0 aliphatic carbocycles. The molecule has 2 aromatic heterocycles.